The van der Waals surface area contributed by atoms with Gasteiger partial charge in [-0.3, -0.25) is 4.99 Å². The van der Waals surface area contributed by atoms with Crippen molar-refractivity contribution >= 4 is 28.5 Å². The van der Waals surface area contributed by atoms with Crippen LogP contribution in [0.1, 0.15) is 67.2 Å². The van der Waals surface area contributed by atoms with Gasteiger partial charge in [0, 0.05) is 5.71 Å². The monoisotopic (exact) mass is 420 g/mol. The van der Waals surface area contributed by atoms with Crippen LogP contribution in [0.4, 0.5) is 17.1 Å². The first-order chi connectivity index (χ1) is 14.5. The van der Waals surface area contributed by atoms with Crippen molar-refractivity contribution in [1.29, 1.82) is 0 Å². The number of para-hydroxylation sites is 1. The van der Waals surface area contributed by atoms with E-state index in [2.05, 4.69) is 75.5 Å². The fraction of sp³-hybridized carbons (Fsp3) is 0.692. The highest BCUT2D eigenvalue weighted by Crippen LogP contribution is 2.68. The minimum atomic E-state index is -0.351. The van der Waals surface area contributed by atoms with Crippen LogP contribution in [0, 0.1) is 34.5 Å². The summed E-state index contributed by atoms with van der Waals surface area (Å²) in [5.74, 6) is 2.87. The Bertz CT molecular complexity index is 1040. The molecule has 6 atom stereocenters. The molecule has 1 aromatic rings. The summed E-state index contributed by atoms with van der Waals surface area (Å²) in [7, 11) is 0. The summed E-state index contributed by atoms with van der Waals surface area (Å²) in [4.78, 5) is 5.28. The van der Waals surface area contributed by atoms with Gasteiger partial charge in [0.15, 0.2) is 0 Å². The Morgan fingerprint density at radius 2 is 1.65 bits per heavy atom. The topological polar surface area (TPSA) is 69.0 Å². The summed E-state index contributed by atoms with van der Waals surface area (Å²) in [5.41, 5.74) is 5.72. The van der Waals surface area contributed by atoms with Gasteiger partial charge in [0.1, 0.15) is 5.69 Å². The molecule has 0 radical (unpaired) electrons. The summed E-state index contributed by atoms with van der Waals surface area (Å²) in [6, 6.07) is 6.39. The first-order valence-electron chi connectivity index (χ1n) is 12.0. The van der Waals surface area contributed by atoms with E-state index in [9.17, 15) is 5.21 Å². The van der Waals surface area contributed by atoms with Crippen molar-refractivity contribution in [1.82, 2.24) is 0 Å². The molecule has 1 aliphatic heterocycles. The molecular formula is C26H36N4O. The highest BCUT2D eigenvalue weighted by atomic mass is 16.4. The number of rotatable bonds is 2. The van der Waals surface area contributed by atoms with E-state index in [0.717, 1.165) is 60.3 Å². The van der Waals surface area contributed by atoms with Crippen LogP contribution in [-0.2, 0) is 0 Å². The Morgan fingerprint density at radius 1 is 0.968 bits per heavy atom. The molecule has 0 saturated heterocycles. The maximum atomic E-state index is 9.83. The Labute approximate surface area is 185 Å². The number of nitrogens with one attached hydrogen (secondary N) is 2. The molecule has 5 nitrogen and oxygen atoms in total. The zero-order valence-corrected chi connectivity index (χ0v) is 19.7. The molecule has 5 aliphatic rings. The average Bonchev–Trinajstić information content (AvgIpc) is 3.43. The van der Waals surface area contributed by atoms with Crippen LogP contribution < -0.4 is 10.6 Å². The van der Waals surface area contributed by atoms with E-state index in [4.69, 9.17) is 4.99 Å². The maximum absolute atomic E-state index is 9.83. The lowest BCUT2D eigenvalue weighted by Gasteiger charge is -2.41. The molecule has 31 heavy (non-hydrogen) atoms. The first kappa shape index (κ1) is 19.6. The van der Waals surface area contributed by atoms with E-state index in [0.29, 0.717) is 22.7 Å². The molecule has 1 heterocycles. The summed E-state index contributed by atoms with van der Waals surface area (Å²) in [6.07, 6.45) is 4.12. The largest absolute Gasteiger partial charge is 0.411 e. The van der Waals surface area contributed by atoms with Gasteiger partial charge in [0.2, 0.25) is 0 Å². The van der Waals surface area contributed by atoms with Gasteiger partial charge >= 0.3 is 0 Å². The molecule has 4 fully saturated rings. The van der Waals surface area contributed by atoms with Crippen molar-refractivity contribution in [3.05, 3.63) is 18.2 Å². The molecule has 4 saturated carbocycles. The van der Waals surface area contributed by atoms with Gasteiger partial charge in [-0.15, -0.1) is 0 Å². The number of nitrogens with zero attached hydrogens (tertiary/aromatic N) is 2. The Hall–Kier alpha value is -2.04. The fourth-order valence-corrected chi connectivity index (χ4v) is 7.48. The summed E-state index contributed by atoms with van der Waals surface area (Å²) >= 11 is 0. The first-order valence-corrected chi connectivity index (χ1v) is 12.0. The van der Waals surface area contributed by atoms with Crippen LogP contribution in [0.25, 0.3) is 0 Å². The lowest BCUT2D eigenvalue weighted by molar-refractivity contribution is 0.307. The normalized spacial score (nSPS) is 44.1. The van der Waals surface area contributed by atoms with Gasteiger partial charge in [-0.1, -0.05) is 38.9 Å². The van der Waals surface area contributed by atoms with Gasteiger partial charge in [-0.25, -0.2) is 0 Å². The third-order valence-electron chi connectivity index (χ3n) is 10.2. The summed E-state index contributed by atoms with van der Waals surface area (Å²) in [6.45, 7) is 14.0. The van der Waals surface area contributed by atoms with Crippen LogP contribution in [-0.4, -0.2) is 27.7 Å². The van der Waals surface area contributed by atoms with Crippen LogP contribution in [0.2, 0.25) is 0 Å². The molecule has 1 aromatic carbocycles. The number of hydrogen-bond donors (Lipinski definition) is 3. The third-order valence-corrected chi connectivity index (χ3v) is 10.2. The van der Waals surface area contributed by atoms with Crippen molar-refractivity contribution in [2.24, 2.45) is 44.6 Å². The quantitative estimate of drug-likeness (QED) is 0.401. The van der Waals surface area contributed by atoms with Gasteiger partial charge in [0.25, 0.3) is 0 Å². The van der Waals surface area contributed by atoms with Gasteiger partial charge < -0.3 is 15.8 Å². The van der Waals surface area contributed by atoms with E-state index in [-0.39, 0.29) is 11.1 Å². The second-order valence-corrected chi connectivity index (χ2v) is 12.6. The fourth-order valence-electron chi connectivity index (χ4n) is 7.48. The van der Waals surface area contributed by atoms with Crippen molar-refractivity contribution in [3.8, 4) is 0 Å². The molecule has 6 rings (SSSR count). The van der Waals surface area contributed by atoms with Crippen molar-refractivity contribution in [3.63, 3.8) is 0 Å². The second-order valence-electron chi connectivity index (χ2n) is 12.6. The minimum Gasteiger partial charge on any atom is -0.411 e. The van der Waals surface area contributed by atoms with Crippen LogP contribution in [0.15, 0.2) is 28.3 Å². The van der Waals surface area contributed by atoms with Gasteiger partial charge in [-0.2, -0.15) is 0 Å². The zero-order chi connectivity index (χ0) is 22.0. The average molecular weight is 421 g/mol. The van der Waals surface area contributed by atoms with Gasteiger partial charge in [0.05, 0.1) is 28.2 Å². The minimum absolute atomic E-state index is 0.0434. The number of oxime groups is 1. The highest BCUT2D eigenvalue weighted by molar-refractivity contribution is 6.05. The second kappa shape index (κ2) is 5.65. The molecule has 0 amide bonds. The van der Waals surface area contributed by atoms with E-state index >= 15 is 0 Å². The standard InChI is InChI=1S/C26H36N4O/c1-23(2)14-10-20-25(5,12-16(14)23)28-18-8-7-9-19(22(18)27-20)29-26(6)13-17-15(24(17,3)4)11-21(26)30-31/h7-9,14-17,28-29,31H,10-13H2,1-6H3/b30-21-/t14-,15-,16+,17+,25+,26+/m1/s1. The molecule has 0 aromatic heterocycles. The highest BCUT2D eigenvalue weighted by Gasteiger charge is 2.65. The lowest BCUT2D eigenvalue weighted by atomic mass is 9.79. The van der Waals surface area contributed by atoms with Crippen molar-refractivity contribution < 1.29 is 5.21 Å². The SMILES string of the molecule is CC1(C)[C@@H]2CC3=Nc4c(cccc4N[C@@]4(C)C[C@H]5[C@@H](C/C4=N/O)C5(C)C)N[C@@]3(C)C[C@@H]21. The third kappa shape index (κ3) is 2.55. The van der Waals surface area contributed by atoms with Crippen LogP contribution >= 0.6 is 0 Å². The molecule has 0 unspecified atom stereocenters. The zero-order valence-electron chi connectivity index (χ0n) is 19.7. The maximum Gasteiger partial charge on any atom is 0.109 e. The number of fused-ring (bicyclic) bond motifs is 4. The number of hydrogen-bond acceptors (Lipinski definition) is 5. The molecular weight excluding hydrogens is 384 g/mol. The Balaban J connectivity index is 1.34. The molecule has 5 heteroatoms. The Morgan fingerprint density at radius 3 is 2.35 bits per heavy atom. The van der Waals surface area contributed by atoms with E-state index in [1.165, 1.54) is 5.71 Å². The van der Waals surface area contributed by atoms with Crippen LogP contribution in [0.5, 0.6) is 0 Å². The number of aliphatic imine (C=N–C) groups is 1. The number of anilines is 2. The smallest absolute Gasteiger partial charge is 0.109 e. The Kier molecular flexibility index (Phi) is 3.58. The predicted octanol–water partition coefficient (Wildman–Crippen LogP) is 6.08. The molecule has 0 spiro atoms. The van der Waals surface area contributed by atoms with Crippen molar-refractivity contribution in [2.75, 3.05) is 10.6 Å². The van der Waals surface area contributed by atoms with Crippen molar-refractivity contribution in [2.45, 2.75) is 78.3 Å². The van der Waals surface area contributed by atoms with E-state index in [1.807, 2.05) is 0 Å². The van der Waals surface area contributed by atoms with E-state index in [1.54, 1.807) is 0 Å². The molecule has 4 aliphatic carbocycles. The molecule has 166 valence electrons. The predicted molar refractivity (Wildman–Crippen MR) is 127 cm³/mol. The lowest BCUT2D eigenvalue weighted by Crippen LogP contribution is -2.48. The molecule has 3 N–H and O–H groups in total. The summed E-state index contributed by atoms with van der Waals surface area (Å²) in [5, 5.41) is 21.2. The number of benzene rings is 1. The molecule has 0 bridgehead atoms. The van der Waals surface area contributed by atoms with Gasteiger partial charge in [-0.05, 0) is 86.2 Å². The summed E-state index contributed by atoms with van der Waals surface area (Å²) < 4.78 is 0. The van der Waals surface area contributed by atoms with E-state index < -0.39 is 0 Å². The van der Waals surface area contributed by atoms with Crippen LogP contribution in [0.3, 0.4) is 0 Å².